The van der Waals surface area contributed by atoms with Gasteiger partial charge in [-0.25, -0.2) is 4.98 Å². The molecule has 0 amide bonds. The maximum absolute atomic E-state index is 4.49. The van der Waals surface area contributed by atoms with E-state index in [1.54, 1.807) is 11.8 Å². The smallest absolute Gasteiger partial charge is 0.197 e. The normalized spacial score (nSPS) is 11.4. The van der Waals surface area contributed by atoms with Crippen LogP contribution in [0.15, 0.2) is 23.6 Å². The van der Waals surface area contributed by atoms with Gasteiger partial charge in [-0.3, -0.25) is 9.08 Å². The van der Waals surface area contributed by atoms with Crippen molar-refractivity contribution >= 4 is 17.4 Å². The van der Waals surface area contributed by atoms with Gasteiger partial charge in [-0.2, -0.15) is 5.10 Å². The van der Waals surface area contributed by atoms with Crippen LogP contribution < -0.4 is 0 Å². The van der Waals surface area contributed by atoms with Crippen molar-refractivity contribution in [3.05, 3.63) is 35.5 Å². The Balaban J connectivity index is 1.46. The van der Waals surface area contributed by atoms with Crippen LogP contribution in [0.25, 0.3) is 5.65 Å². The van der Waals surface area contributed by atoms with Crippen LogP contribution in [0.2, 0.25) is 0 Å². The lowest BCUT2D eigenvalue weighted by Crippen LogP contribution is -1.99. The second-order valence-electron chi connectivity index (χ2n) is 5.81. The number of rotatable bonds is 7. The molecule has 0 aromatic carbocycles. The molecule has 0 radical (unpaired) electrons. The lowest BCUT2D eigenvalue weighted by atomic mass is 10.2. The van der Waals surface area contributed by atoms with Gasteiger partial charge in [-0.05, 0) is 39.2 Å². The topological polar surface area (TPSA) is 60.9 Å². The second kappa shape index (κ2) is 7.12. The minimum absolute atomic E-state index is 0.881. The average Bonchev–Trinajstić information content (AvgIpc) is 3.09. The van der Waals surface area contributed by atoms with Gasteiger partial charge < -0.3 is 0 Å². The summed E-state index contributed by atoms with van der Waals surface area (Å²) in [4.78, 5) is 4.49. The van der Waals surface area contributed by atoms with E-state index in [1.807, 2.05) is 35.2 Å². The van der Waals surface area contributed by atoms with Crippen molar-refractivity contribution in [1.82, 2.24) is 29.4 Å². The number of aryl methyl sites for hydroxylation is 4. The van der Waals surface area contributed by atoms with Gasteiger partial charge in [0.05, 0.1) is 6.20 Å². The summed E-state index contributed by atoms with van der Waals surface area (Å²) in [7, 11) is 0. The average molecular weight is 330 g/mol. The monoisotopic (exact) mass is 330 g/mol. The van der Waals surface area contributed by atoms with Crippen molar-refractivity contribution in [2.45, 2.75) is 51.7 Å². The maximum atomic E-state index is 4.49. The van der Waals surface area contributed by atoms with Crippen LogP contribution in [0.5, 0.6) is 0 Å². The summed E-state index contributed by atoms with van der Waals surface area (Å²) >= 11 is 1.75. The number of unbranched alkanes of at least 4 members (excludes halogenated alkanes) is 2. The van der Waals surface area contributed by atoms with E-state index in [1.165, 1.54) is 12.0 Å². The zero-order valence-electron chi connectivity index (χ0n) is 13.9. The number of nitrogens with zero attached hydrogens (tertiary/aromatic N) is 6. The standard InChI is InChI=1S/C16H22N6S/c1-12-10-17-21(11-12)7-5-4-6-8-23-16-20-19-15-9-13(2)18-14(3)22(15)16/h9-11H,4-8H2,1-3H3. The van der Waals surface area contributed by atoms with Crippen molar-refractivity contribution in [2.24, 2.45) is 0 Å². The summed E-state index contributed by atoms with van der Waals surface area (Å²) in [6.45, 7) is 7.05. The van der Waals surface area contributed by atoms with E-state index in [0.717, 1.165) is 47.5 Å². The number of fused-ring (bicyclic) bond motifs is 1. The number of thioether (sulfide) groups is 1. The van der Waals surface area contributed by atoms with Crippen molar-refractivity contribution in [2.75, 3.05) is 5.75 Å². The molecule has 0 fully saturated rings. The van der Waals surface area contributed by atoms with E-state index in [4.69, 9.17) is 0 Å². The molecule has 3 aromatic rings. The molecule has 0 aliphatic carbocycles. The highest BCUT2D eigenvalue weighted by Gasteiger charge is 2.09. The molecular weight excluding hydrogens is 308 g/mol. The fraction of sp³-hybridized carbons (Fsp3) is 0.500. The molecule has 0 aliphatic heterocycles. The van der Waals surface area contributed by atoms with Crippen molar-refractivity contribution < 1.29 is 0 Å². The first-order valence-corrected chi connectivity index (χ1v) is 8.93. The van der Waals surface area contributed by atoms with Gasteiger partial charge in [0.2, 0.25) is 0 Å². The first-order chi connectivity index (χ1) is 11.1. The van der Waals surface area contributed by atoms with Crippen LogP contribution in [0, 0.1) is 20.8 Å². The van der Waals surface area contributed by atoms with Crippen LogP contribution in [-0.2, 0) is 6.54 Å². The van der Waals surface area contributed by atoms with Gasteiger partial charge in [0.1, 0.15) is 5.82 Å². The van der Waals surface area contributed by atoms with Crippen LogP contribution in [-0.4, -0.2) is 35.1 Å². The molecule has 23 heavy (non-hydrogen) atoms. The van der Waals surface area contributed by atoms with Gasteiger partial charge >= 0.3 is 0 Å². The van der Waals surface area contributed by atoms with Crippen LogP contribution >= 0.6 is 11.8 Å². The molecule has 3 rings (SSSR count). The highest BCUT2D eigenvalue weighted by atomic mass is 32.2. The van der Waals surface area contributed by atoms with E-state index in [0.29, 0.717) is 0 Å². The maximum Gasteiger partial charge on any atom is 0.197 e. The second-order valence-corrected chi connectivity index (χ2v) is 6.87. The van der Waals surface area contributed by atoms with Gasteiger partial charge in [0.15, 0.2) is 10.8 Å². The molecule has 3 heterocycles. The Bertz CT molecular complexity index is 791. The van der Waals surface area contributed by atoms with E-state index in [2.05, 4.69) is 33.4 Å². The quantitative estimate of drug-likeness (QED) is 0.492. The Kier molecular flexibility index (Phi) is 4.95. The lowest BCUT2D eigenvalue weighted by Gasteiger charge is -2.04. The zero-order chi connectivity index (χ0) is 16.2. The number of hydrogen-bond acceptors (Lipinski definition) is 5. The molecule has 0 saturated carbocycles. The summed E-state index contributed by atoms with van der Waals surface area (Å²) in [5.74, 6) is 1.99. The molecule has 0 aliphatic rings. The summed E-state index contributed by atoms with van der Waals surface area (Å²) in [6, 6.07) is 1.97. The van der Waals surface area contributed by atoms with Crippen molar-refractivity contribution in [3.8, 4) is 0 Å². The highest BCUT2D eigenvalue weighted by molar-refractivity contribution is 7.99. The summed E-state index contributed by atoms with van der Waals surface area (Å²) < 4.78 is 4.05. The predicted octanol–water partition coefficient (Wildman–Crippen LogP) is 3.21. The third-order valence-corrected chi connectivity index (χ3v) is 4.70. The predicted molar refractivity (Wildman–Crippen MR) is 91.8 cm³/mol. The largest absolute Gasteiger partial charge is 0.272 e. The van der Waals surface area contributed by atoms with Gasteiger partial charge in [0, 0.05) is 30.3 Å². The molecule has 122 valence electrons. The Morgan fingerprint density at radius 1 is 1.09 bits per heavy atom. The summed E-state index contributed by atoms with van der Waals surface area (Å²) in [5.41, 5.74) is 3.08. The Morgan fingerprint density at radius 2 is 1.96 bits per heavy atom. The Hall–Kier alpha value is -1.89. The van der Waals surface area contributed by atoms with Gasteiger partial charge in [0.25, 0.3) is 0 Å². The lowest BCUT2D eigenvalue weighted by molar-refractivity contribution is 0.554. The van der Waals surface area contributed by atoms with Gasteiger partial charge in [-0.15, -0.1) is 10.2 Å². The molecule has 7 heteroatoms. The third-order valence-electron chi connectivity index (χ3n) is 3.68. The zero-order valence-corrected chi connectivity index (χ0v) is 14.7. The Morgan fingerprint density at radius 3 is 2.74 bits per heavy atom. The fourth-order valence-electron chi connectivity index (χ4n) is 2.60. The molecule has 0 saturated heterocycles. The fourth-order valence-corrected chi connectivity index (χ4v) is 3.59. The molecular formula is C16H22N6S. The summed E-state index contributed by atoms with van der Waals surface area (Å²) in [5, 5.41) is 13.8. The van der Waals surface area contributed by atoms with Crippen LogP contribution in [0.3, 0.4) is 0 Å². The number of hydrogen-bond donors (Lipinski definition) is 0. The molecule has 0 atom stereocenters. The summed E-state index contributed by atoms with van der Waals surface area (Å²) in [6.07, 6.45) is 7.51. The van der Waals surface area contributed by atoms with E-state index in [-0.39, 0.29) is 0 Å². The van der Waals surface area contributed by atoms with E-state index in [9.17, 15) is 0 Å². The Labute approximate surface area is 140 Å². The van der Waals surface area contributed by atoms with Crippen LogP contribution in [0.4, 0.5) is 0 Å². The minimum Gasteiger partial charge on any atom is -0.272 e. The first kappa shape index (κ1) is 16.0. The molecule has 0 unspecified atom stereocenters. The van der Waals surface area contributed by atoms with Gasteiger partial charge in [-0.1, -0.05) is 18.2 Å². The molecule has 0 spiro atoms. The van der Waals surface area contributed by atoms with E-state index < -0.39 is 0 Å². The molecule has 6 nitrogen and oxygen atoms in total. The van der Waals surface area contributed by atoms with Crippen LogP contribution in [0.1, 0.15) is 36.3 Å². The van der Waals surface area contributed by atoms with Crippen molar-refractivity contribution in [3.63, 3.8) is 0 Å². The van der Waals surface area contributed by atoms with Crippen molar-refractivity contribution in [1.29, 1.82) is 0 Å². The third kappa shape index (κ3) is 3.90. The molecule has 0 bridgehead atoms. The van der Waals surface area contributed by atoms with E-state index >= 15 is 0 Å². The molecule has 0 N–H and O–H groups in total. The molecule has 3 aromatic heterocycles. The SMILES string of the molecule is Cc1cnn(CCCCCSc2nnc3cc(C)nc(C)n23)c1. The first-order valence-electron chi connectivity index (χ1n) is 7.95. The minimum atomic E-state index is 0.881. The number of aromatic nitrogens is 6. The highest BCUT2D eigenvalue weighted by Crippen LogP contribution is 2.20.